The number of esters is 1. The Hall–Kier alpha value is -1.41. The minimum absolute atomic E-state index is 0.00743. The molecular formula is C36H56O11. The van der Waals surface area contributed by atoms with Crippen LogP contribution in [0.2, 0.25) is 0 Å². The van der Waals surface area contributed by atoms with Gasteiger partial charge >= 0.3 is 5.97 Å². The number of allylic oxidation sites excluding steroid dienone is 3. The van der Waals surface area contributed by atoms with Gasteiger partial charge < -0.3 is 50.3 Å². The van der Waals surface area contributed by atoms with Crippen molar-refractivity contribution in [3.05, 3.63) is 23.8 Å². The smallest absolute Gasteiger partial charge is 0.315 e. The summed E-state index contributed by atoms with van der Waals surface area (Å²) in [6.45, 7) is 14.0. The van der Waals surface area contributed by atoms with Crippen LogP contribution in [0.4, 0.5) is 0 Å². The number of aliphatic hydroxyl groups excluding tert-OH is 8. The molecular weight excluding hydrogens is 608 g/mol. The fourth-order valence-electron chi connectivity index (χ4n) is 12.1. The predicted molar refractivity (Wildman–Crippen MR) is 169 cm³/mol. The van der Waals surface area contributed by atoms with Gasteiger partial charge in [-0.25, -0.2) is 0 Å². The van der Waals surface area contributed by atoms with Crippen LogP contribution in [0.25, 0.3) is 0 Å². The molecule has 6 rings (SSSR count). The maximum absolute atomic E-state index is 14.4. The molecule has 266 valence electrons. The van der Waals surface area contributed by atoms with Gasteiger partial charge in [0.05, 0.1) is 36.9 Å². The summed E-state index contributed by atoms with van der Waals surface area (Å²) in [5.74, 6) is -1.26. The molecule has 8 N–H and O–H groups in total. The lowest BCUT2D eigenvalue weighted by Gasteiger charge is -2.72. The summed E-state index contributed by atoms with van der Waals surface area (Å²) >= 11 is 0. The molecule has 6 aliphatic rings. The second kappa shape index (κ2) is 11.6. The summed E-state index contributed by atoms with van der Waals surface area (Å²) in [5.41, 5.74) is -1.63. The van der Waals surface area contributed by atoms with Gasteiger partial charge in [0, 0.05) is 17.3 Å². The van der Waals surface area contributed by atoms with Crippen LogP contribution in [-0.2, 0) is 14.3 Å². The third kappa shape index (κ3) is 4.60. The van der Waals surface area contributed by atoms with Gasteiger partial charge in [0.25, 0.3) is 0 Å². The molecule has 0 radical (unpaired) electrons. The van der Waals surface area contributed by atoms with E-state index in [1.54, 1.807) is 6.92 Å². The van der Waals surface area contributed by atoms with Crippen LogP contribution in [0.3, 0.4) is 0 Å². The van der Waals surface area contributed by atoms with E-state index in [-0.39, 0.29) is 24.4 Å². The largest absolute Gasteiger partial charge is 0.432 e. The van der Waals surface area contributed by atoms with Crippen molar-refractivity contribution in [3.63, 3.8) is 0 Å². The van der Waals surface area contributed by atoms with Gasteiger partial charge in [0.15, 0.2) is 0 Å². The lowest BCUT2D eigenvalue weighted by atomic mass is 9.33. The number of fused-ring (bicyclic) bond motifs is 7. The van der Waals surface area contributed by atoms with Crippen LogP contribution < -0.4 is 0 Å². The van der Waals surface area contributed by atoms with Crippen molar-refractivity contribution in [1.29, 1.82) is 0 Å². The molecule has 0 bridgehead atoms. The van der Waals surface area contributed by atoms with Gasteiger partial charge in [0.2, 0.25) is 6.29 Å². The monoisotopic (exact) mass is 664 g/mol. The lowest BCUT2D eigenvalue weighted by Crippen LogP contribution is -2.71. The molecule has 17 atom stereocenters. The molecule has 5 fully saturated rings. The van der Waals surface area contributed by atoms with E-state index < -0.39 is 94.6 Å². The average molecular weight is 665 g/mol. The number of hydrogen-bond acceptors (Lipinski definition) is 11. The van der Waals surface area contributed by atoms with Crippen molar-refractivity contribution in [3.8, 4) is 0 Å². The highest BCUT2D eigenvalue weighted by Crippen LogP contribution is 2.75. The van der Waals surface area contributed by atoms with Gasteiger partial charge in [-0.15, -0.1) is 0 Å². The van der Waals surface area contributed by atoms with Gasteiger partial charge in [0.1, 0.15) is 24.4 Å². The Morgan fingerprint density at radius 2 is 1.64 bits per heavy atom. The highest BCUT2D eigenvalue weighted by atomic mass is 16.7. The second-order valence-electron chi connectivity index (χ2n) is 17.0. The number of carbonyl (C=O) groups excluding carboxylic acids is 1. The number of aliphatic hydroxyl groups is 8. The zero-order chi connectivity index (χ0) is 34.6. The van der Waals surface area contributed by atoms with E-state index in [4.69, 9.17) is 9.47 Å². The zero-order valence-corrected chi connectivity index (χ0v) is 28.4. The average Bonchev–Trinajstić information content (AvgIpc) is 3.02. The summed E-state index contributed by atoms with van der Waals surface area (Å²) in [6, 6.07) is 0. The normalized spacial score (nSPS) is 55.9. The number of carbonyl (C=O) groups is 1. The predicted octanol–water partition coefficient (Wildman–Crippen LogP) is 1.18. The fraction of sp³-hybridized carbons (Fsp3) is 0.861. The van der Waals surface area contributed by atoms with E-state index in [1.165, 1.54) is 0 Å². The maximum atomic E-state index is 14.4. The van der Waals surface area contributed by atoms with E-state index in [1.807, 2.05) is 0 Å². The summed E-state index contributed by atoms with van der Waals surface area (Å²) < 4.78 is 11.4. The third-order valence-corrected chi connectivity index (χ3v) is 14.9. The summed E-state index contributed by atoms with van der Waals surface area (Å²) in [4.78, 5) is 14.4. The first kappa shape index (κ1) is 35.4. The first-order valence-corrected chi connectivity index (χ1v) is 17.4. The third-order valence-electron chi connectivity index (χ3n) is 14.9. The molecule has 47 heavy (non-hydrogen) atoms. The van der Waals surface area contributed by atoms with Crippen LogP contribution in [0, 0.1) is 50.7 Å². The maximum Gasteiger partial charge on any atom is 0.315 e. The Bertz CT molecular complexity index is 1300. The molecule has 0 spiro atoms. The first-order valence-electron chi connectivity index (χ1n) is 17.4. The molecule has 0 unspecified atom stereocenters. The van der Waals surface area contributed by atoms with Crippen molar-refractivity contribution in [2.45, 2.75) is 129 Å². The quantitative estimate of drug-likeness (QED) is 0.159. The highest BCUT2D eigenvalue weighted by molar-refractivity contribution is 5.80. The Morgan fingerprint density at radius 3 is 2.28 bits per heavy atom. The molecule has 1 heterocycles. The molecule has 1 saturated heterocycles. The molecule has 1 aliphatic heterocycles. The molecule has 0 aromatic heterocycles. The molecule has 0 aromatic carbocycles. The minimum atomic E-state index is -1.70. The van der Waals surface area contributed by atoms with Crippen molar-refractivity contribution < 1.29 is 55.1 Å². The number of rotatable bonds is 4. The standard InChI is InChI=1S/C36H56O11/c1-17-9-10-36(31(45)47-30-27(43)26(42)25(41)22(15-37)46-30)12-11-34(5)19(24(36)18(17)2)7-8-23-32(3)13-21(40)29(44)33(4,16-38)28(32)20(39)14-35(23,34)6/h7,17,20-30,37-44H,2,8-16H2,1,3-6H3/t17-,20-,21-,22-,23-,24+,25-,26+,27-,28-,29+,30+,32-,33+,34-,35-,36+/m1/s1. The summed E-state index contributed by atoms with van der Waals surface area (Å²) in [6.07, 6.45) is -4.90. The van der Waals surface area contributed by atoms with Gasteiger partial charge in [-0.1, -0.05) is 58.4 Å². The van der Waals surface area contributed by atoms with Crippen LogP contribution in [0.15, 0.2) is 23.8 Å². The van der Waals surface area contributed by atoms with Crippen LogP contribution >= 0.6 is 0 Å². The first-order chi connectivity index (χ1) is 21.9. The van der Waals surface area contributed by atoms with E-state index in [2.05, 4.69) is 40.3 Å². The topological polar surface area (TPSA) is 197 Å². The Labute approximate surface area is 277 Å². The van der Waals surface area contributed by atoms with Gasteiger partial charge in [-0.3, -0.25) is 4.79 Å². The van der Waals surface area contributed by atoms with E-state index in [9.17, 15) is 45.6 Å². The van der Waals surface area contributed by atoms with E-state index in [0.29, 0.717) is 44.9 Å². The van der Waals surface area contributed by atoms with Crippen molar-refractivity contribution in [2.24, 2.45) is 50.7 Å². The van der Waals surface area contributed by atoms with E-state index >= 15 is 0 Å². The molecule has 5 aliphatic carbocycles. The lowest BCUT2D eigenvalue weighted by molar-refractivity contribution is -0.297. The Morgan fingerprint density at radius 1 is 0.957 bits per heavy atom. The van der Waals surface area contributed by atoms with Crippen LogP contribution in [0.5, 0.6) is 0 Å². The van der Waals surface area contributed by atoms with Crippen molar-refractivity contribution in [2.75, 3.05) is 13.2 Å². The zero-order valence-electron chi connectivity index (χ0n) is 28.4. The molecule has 0 amide bonds. The SMILES string of the molecule is C=C1[C@H]2C3=CC[C@@H]4[C@@]5(C)C[C@@H](O)[C@H](O)[C@@](C)(CO)[C@@H]5[C@H](O)C[C@@]4(C)[C@]3(C)CC[C@@]2(C(=O)O[C@@H]2O[C@H](CO)[C@@H](O)[C@H](O)[C@H]2O)CC[C@H]1C. The number of hydrogen-bond donors (Lipinski definition) is 8. The summed E-state index contributed by atoms with van der Waals surface area (Å²) in [7, 11) is 0. The van der Waals surface area contributed by atoms with Gasteiger partial charge in [-0.05, 0) is 73.0 Å². The number of ether oxygens (including phenoxy) is 2. The van der Waals surface area contributed by atoms with Crippen molar-refractivity contribution >= 4 is 5.97 Å². The Kier molecular flexibility index (Phi) is 8.72. The Balaban J connectivity index is 1.39. The molecule has 11 heteroatoms. The van der Waals surface area contributed by atoms with Crippen molar-refractivity contribution in [1.82, 2.24) is 0 Å². The molecule has 0 aromatic rings. The highest BCUT2D eigenvalue weighted by Gasteiger charge is 2.72. The molecule has 11 nitrogen and oxygen atoms in total. The molecule has 4 saturated carbocycles. The summed E-state index contributed by atoms with van der Waals surface area (Å²) in [5, 5.41) is 85.7. The second-order valence-corrected chi connectivity index (χ2v) is 17.0. The van der Waals surface area contributed by atoms with E-state index in [0.717, 1.165) is 11.1 Å². The fourth-order valence-corrected chi connectivity index (χ4v) is 12.1. The van der Waals surface area contributed by atoms with Crippen LogP contribution in [0.1, 0.15) is 79.6 Å². The minimum Gasteiger partial charge on any atom is -0.432 e. The van der Waals surface area contributed by atoms with Crippen LogP contribution in [-0.4, -0.2) is 109 Å². The van der Waals surface area contributed by atoms with Gasteiger partial charge in [-0.2, -0.15) is 0 Å².